The van der Waals surface area contributed by atoms with Crippen molar-refractivity contribution in [3.63, 3.8) is 0 Å². The molecule has 3 fully saturated rings. The Morgan fingerprint density at radius 2 is 1.76 bits per heavy atom. The van der Waals surface area contributed by atoms with E-state index in [4.69, 9.17) is 9.47 Å². The van der Waals surface area contributed by atoms with Gasteiger partial charge in [-0.3, -0.25) is 9.69 Å². The van der Waals surface area contributed by atoms with Crippen molar-refractivity contribution in [3.8, 4) is 0 Å². The van der Waals surface area contributed by atoms with Crippen LogP contribution in [-0.2, 0) is 9.47 Å². The number of amides is 1. The molecule has 0 bridgehead atoms. The monoisotopic (exact) mass is 345 g/mol. The van der Waals surface area contributed by atoms with E-state index < -0.39 is 0 Å². The minimum atomic E-state index is 0.00166. The molecule has 3 aliphatic heterocycles. The largest absolute Gasteiger partial charge is 0.378 e. The van der Waals surface area contributed by atoms with Crippen LogP contribution >= 0.6 is 0 Å². The molecule has 0 aliphatic carbocycles. The molecular formula is C19H27N3O3. The van der Waals surface area contributed by atoms with E-state index in [1.165, 1.54) is 12.8 Å². The summed E-state index contributed by atoms with van der Waals surface area (Å²) in [6.45, 7) is 6.63. The first kappa shape index (κ1) is 16.8. The Morgan fingerprint density at radius 3 is 2.56 bits per heavy atom. The van der Waals surface area contributed by atoms with Crippen molar-refractivity contribution in [1.82, 2.24) is 10.2 Å². The maximum absolute atomic E-state index is 13.0. The van der Waals surface area contributed by atoms with E-state index in [-0.39, 0.29) is 11.9 Å². The predicted molar refractivity (Wildman–Crippen MR) is 96.1 cm³/mol. The van der Waals surface area contributed by atoms with E-state index in [1.54, 1.807) is 0 Å². The minimum Gasteiger partial charge on any atom is -0.378 e. The summed E-state index contributed by atoms with van der Waals surface area (Å²) >= 11 is 0. The van der Waals surface area contributed by atoms with Gasteiger partial charge in [0.1, 0.15) is 0 Å². The highest BCUT2D eigenvalue weighted by Gasteiger charge is 2.35. The molecule has 25 heavy (non-hydrogen) atoms. The molecule has 6 heteroatoms. The zero-order valence-corrected chi connectivity index (χ0v) is 14.7. The maximum Gasteiger partial charge on any atom is 0.253 e. The number of hydrogen-bond acceptors (Lipinski definition) is 5. The second-order valence-electron chi connectivity index (χ2n) is 7.04. The van der Waals surface area contributed by atoms with Gasteiger partial charge < -0.3 is 19.7 Å². The molecule has 3 saturated heterocycles. The number of anilines is 1. The van der Waals surface area contributed by atoms with Crippen molar-refractivity contribution in [2.75, 3.05) is 57.5 Å². The first-order valence-electron chi connectivity index (χ1n) is 9.37. The lowest BCUT2D eigenvalue weighted by Crippen LogP contribution is -2.50. The van der Waals surface area contributed by atoms with E-state index >= 15 is 0 Å². The van der Waals surface area contributed by atoms with Gasteiger partial charge in [0.05, 0.1) is 44.1 Å². The number of nitrogens with zero attached hydrogens (tertiary/aromatic N) is 2. The van der Waals surface area contributed by atoms with E-state index in [9.17, 15) is 4.79 Å². The third-order valence-electron chi connectivity index (χ3n) is 5.48. The van der Waals surface area contributed by atoms with Gasteiger partial charge in [0.2, 0.25) is 0 Å². The molecule has 2 atom stereocenters. The number of carbonyl (C=O) groups excluding carboxylic acids is 1. The van der Waals surface area contributed by atoms with Gasteiger partial charge in [-0.1, -0.05) is 12.1 Å². The number of carbonyl (C=O) groups is 1. The van der Waals surface area contributed by atoms with Crippen molar-refractivity contribution >= 4 is 11.6 Å². The van der Waals surface area contributed by atoms with Crippen LogP contribution in [0.4, 0.5) is 5.69 Å². The second-order valence-corrected chi connectivity index (χ2v) is 7.04. The Hall–Kier alpha value is -1.63. The smallest absolute Gasteiger partial charge is 0.253 e. The van der Waals surface area contributed by atoms with E-state index in [0.717, 1.165) is 44.0 Å². The molecular weight excluding hydrogens is 318 g/mol. The Balaban J connectivity index is 1.47. The first-order chi connectivity index (χ1) is 12.3. The first-order valence-corrected chi connectivity index (χ1v) is 9.37. The Kier molecular flexibility index (Phi) is 5.20. The normalized spacial score (nSPS) is 27.6. The van der Waals surface area contributed by atoms with Crippen LogP contribution in [0.3, 0.4) is 0 Å². The Labute approximate surface area is 149 Å². The van der Waals surface area contributed by atoms with Crippen LogP contribution < -0.4 is 10.2 Å². The van der Waals surface area contributed by atoms with Crippen LogP contribution in [0.2, 0.25) is 0 Å². The Morgan fingerprint density at radius 1 is 1.00 bits per heavy atom. The fourth-order valence-corrected chi connectivity index (χ4v) is 4.11. The number of nitrogens with one attached hydrogen (secondary N) is 1. The van der Waals surface area contributed by atoms with Gasteiger partial charge in [0.25, 0.3) is 5.91 Å². The average Bonchev–Trinajstić information content (AvgIpc) is 3.34. The van der Waals surface area contributed by atoms with Gasteiger partial charge >= 0.3 is 0 Å². The molecule has 0 aromatic heterocycles. The molecule has 6 nitrogen and oxygen atoms in total. The summed E-state index contributed by atoms with van der Waals surface area (Å²) in [5.74, 6) is 0.00166. The summed E-state index contributed by atoms with van der Waals surface area (Å²) in [6.07, 6.45) is 2.49. The topological polar surface area (TPSA) is 54.0 Å². The number of hydrogen-bond donors (Lipinski definition) is 1. The molecule has 1 N–H and O–H groups in total. The molecule has 1 amide bonds. The van der Waals surface area contributed by atoms with Crippen molar-refractivity contribution in [3.05, 3.63) is 29.8 Å². The third kappa shape index (κ3) is 3.66. The van der Waals surface area contributed by atoms with Crippen LogP contribution in [0.25, 0.3) is 0 Å². The van der Waals surface area contributed by atoms with Gasteiger partial charge in [-0.25, -0.2) is 0 Å². The van der Waals surface area contributed by atoms with Crippen LogP contribution in [-0.4, -0.2) is 75.5 Å². The summed E-state index contributed by atoms with van der Waals surface area (Å²) in [5, 5.41) is 3.24. The second kappa shape index (κ2) is 7.72. The number of benzene rings is 1. The quantitative estimate of drug-likeness (QED) is 0.886. The number of rotatable bonds is 4. The lowest BCUT2D eigenvalue weighted by molar-refractivity contribution is 0.0915. The van der Waals surface area contributed by atoms with Gasteiger partial charge in [-0.15, -0.1) is 0 Å². The van der Waals surface area contributed by atoms with E-state index in [1.807, 2.05) is 24.3 Å². The van der Waals surface area contributed by atoms with Crippen molar-refractivity contribution in [1.29, 1.82) is 0 Å². The summed E-state index contributed by atoms with van der Waals surface area (Å²) < 4.78 is 11.1. The standard InChI is InChI=1S/C19H27N3O3/c23-19(20-16-13-25-14-18(16)21-7-3-4-8-21)15-5-1-2-6-17(15)22-9-11-24-12-10-22/h1-2,5-6,16,18H,3-4,7-14H2,(H,20,23)/t16-,18-/m1/s1. The predicted octanol–water partition coefficient (Wildman–Crippen LogP) is 1.12. The van der Waals surface area contributed by atoms with E-state index in [0.29, 0.717) is 25.9 Å². The van der Waals surface area contributed by atoms with Crippen LogP contribution in [0.1, 0.15) is 23.2 Å². The summed E-state index contributed by atoms with van der Waals surface area (Å²) in [7, 11) is 0. The van der Waals surface area contributed by atoms with Gasteiger partial charge in [0.15, 0.2) is 0 Å². The molecule has 1 aromatic carbocycles. The van der Waals surface area contributed by atoms with Gasteiger partial charge in [0, 0.05) is 18.8 Å². The maximum atomic E-state index is 13.0. The highest BCUT2D eigenvalue weighted by molar-refractivity contribution is 6.00. The highest BCUT2D eigenvalue weighted by Crippen LogP contribution is 2.23. The highest BCUT2D eigenvalue weighted by atomic mass is 16.5. The molecule has 0 saturated carbocycles. The molecule has 3 heterocycles. The number of para-hydroxylation sites is 1. The molecule has 3 aliphatic rings. The average molecular weight is 345 g/mol. The van der Waals surface area contributed by atoms with Gasteiger partial charge in [-0.2, -0.15) is 0 Å². The van der Waals surface area contributed by atoms with Crippen LogP contribution in [0.15, 0.2) is 24.3 Å². The molecule has 0 unspecified atom stereocenters. The SMILES string of the molecule is O=C(N[C@@H]1COC[C@H]1N1CCCC1)c1ccccc1N1CCOCC1. The van der Waals surface area contributed by atoms with Crippen molar-refractivity contribution in [2.24, 2.45) is 0 Å². The molecule has 0 spiro atoms. The minimum absolute atomic E-state index is 0.00166. The van der Waals surface area contributed by atoms with E-state index in [2.05, 4.69) is 15.1 Å². The number of likely N-dealkylation sites (tertiary alicyclic amines) is 1. The zero-order valence-electron chi connectivity index (χ0n) is 14.7. The zero-order chi connectivity index (χ0) is 17.1. The lowest BCUT2D eigenvalue weighted by atomic mass is 10.1. The summed E-state index contributed by atoms with van der Waals surface area (Å²) in [5.41, 5.74) is 1.75. The van der Waals surface area contributed by atoms with Crippen LogP contribution in [0.5, 0.6) is 0 Å². The molecule has 4 rings (SSSR count). The Bertz CT molecular complexity index is 597. The number of ether oxygens (including phenoxy) is 2. The summed E-state index contributed by atoms with van der Waals surface area (Å²) in [4.78, 5) is 17.7. The molecule has 0 radical (unpaired) electrons. The fourth-order valence-electron chi connectivity index (χ4n) is 4.11. The third-order valence-corrected chi connectivity index (χ3v) is 5.48. The number of morpholine rings is 1. The van der Waals surface area contributed by atoms with Crippen LogP contribution in [0, 0.1) is 0 Å². The molecule has 1 aromatic rings. The lowest BCUT2D eigenvalue weighted by Gasteiger charge is -2.31. The van der Waals surface area contributed by atoms with Crippen molar-refractivity contribution in [2.45, 2.75) is 24.9 Å². The fraction of sp³-hybridized carbons (Fsp3) is 0.632. The molecule has 136 valence electrons. The van der Waals surface area contributed by atoms with Gasteiger partial charge in [-0.05, 0) is 38.1 Å². The van der Waals surface area contributed by atoms with Crippen molar-refractivity contribution < 1.29 is 14.3 Å². The summed E-state index contributed by atoms with van der Waals surface area (Å²) in [6, 6.07) is 8.25.